The van der Waals surface area contributed by atoms with Crippen molar-refractivity contribution in [3.8, 4) is 0 Å². The number of alkyl halides is 1. The number of aromatic nitrogens is 3. The summed E-state index contributed by atoms with van der Waals surface area (Å²) < 4.78 is 2.33. The van der Waals surface area contributed by atoms with Gasteiger partial charge in [-0.25, -0.2) is 9.97 Å². The molecule has 3 rings (SSSR count). The van der Waals surface area contributed by atoms with E-state index in [4.69, 9.17) is 16.6 Å². The van der Waals surface area contributed by atoms with Gasteiger partial charge in [-0.3, -0.25) is 0 Å². The summed E-state index contributed by atoms with van der Waals surface area (Å²) in [6, 6.07) is 2.60. The standard InChI is InChI=1S/C17H24ClN3/c1-3-15(13-7-5-4-6-8-13)21-16(10-18)20-14-9-12(2)11-19-17(14)21/h9,11,13,15H,3-8,10H2,1-2H3. The molecule has 4 heteroatoms. The van der Waals surface area contributed by atoms with E-state index in [9.17, 15) is 0 Å². The van der Waals surface area contributed by atoms with Crippen LogP contribution in [0, 0.1) is 12.8 Å². The summed E-state index contributed by atoms with van der Waals surface area (Å²) in [5.74, 6) is 2.17. The summed E-state index contributed by atoms with van der Waals surface area (Å²) in [5, 5.41) is 0. The van der Waals surface area contributed by atoms with Crippen molar-refractivity contribution in [1.29, 1.82) is 0 Å². The zero-order chi connectivity index (χ0) is 14.8. The van der Waals surface area contributed by atoms with E-state index in [-0.39, 0.29) is 0 Å². The average molecular weight is 306 g/mol. The van der Waals surface area contributed by atoms with E-state index < -0.39 is 0 Å². The van der Waals surface area contributed by atoms with Gasteiger partial charge in [-0.2, -0.15) is 0 Å². The fourth-order valence-electron chi connectivity index (χ4n) is 3.82. The fraction of sp³-hybridized carbons (Fsp3) is 0.647. The predicted molar refractivity (Wildman–Crippen MR) is 87.7 cm³/mol. The highest BCUT2D eigenvalue weighted by atomic mass is 35.5. The molecule has 1 fully saturated rings. The average Bonchev–Trinajstić information content (AvgIpc) is 2.87. The molecule has 0 saturated heterocycles. The molecular weight excluding hydrogens is 282 g/mol. The van der Waals surface area contributed by atoms with E-state index in [0.717, 1.165) is 34.9 Å². The Kier molecular flexibility index (Phi) is 4.48. The molecule has 2 heterocycles. The minimum atomic E-state index is 0.457. The molecule has 21 heavy (non-hydrogen) atoms. The lowest BCUT2D eigenvalue weighted by Gasteiger charge is -2.31. The molecule has 114 valence electrons. The number of fused-ring (bicyclic) bond motifs is 1. The van der Waals surface area contributed by atoms with E-state index in [1.165, 1.54) is 32.1 Å². The van der Waals surface area contributed by atoms with Gasteiger partial charge in [0.15, 0.2) is 5.65 Å². The van der Waals surface area contributed by atoms with Crippen molar-refractivity contribution in [3.63, 3.8) is 0 Å². The van der Waals surface area contributed by atoms with Crippen LogP contribution in [0.15, 0.2) is 12.3 Å². The fourth-order valence-corrected chi connectivity index (χ4v) is 4.01. The maximum atomic E-state index is 6.17. The summed E-state index contributed by atoms with van der Waals surface area (Å²) >= 11 is 6.17. The number of hydrogen-bond donors (Lipinski definition) is 0. The van der Waals surface area contributed by atoms with Gasteiger partial charge in [0, 0.05) is 12.2 Å². The summed E-state index contributed by atoms with van der Waals surface area (Å²) in [5.41, 5.74) is 3.15. The zero-order valence-electron chi connectivity index (χ0n) is 13.0. The molecule has 3 nitrogen and oxygen atoms in total. The van der Waals surface area contributed by atoms with Crippen molar-refractivity contribution >= 4 is 22.8 Å². The second-order valence-corrected chi connectivity index (χ2v) is 6.53. The first-order valence-electron chi connectivity index (χ1n) is 8.14. The van der Waals surface area contributed by atoms with E-state index >= 15 is 0 Å². The van der Waals surface area contributed by atoms with Crippen molar-refractivity contribution in [3.05, 3.63) is 23.7 Å². The van der Waals surface area contributed by atoms with Crippen LogP contribution >= 0.6 is 11.6 Å². The minimum Gasteiger partial charge on any atom is -0.308 e. The first kappa shape index (κ1) is 14.8. The number of rotatable bonds is 4. The quantitative estimate of drug-likeness (QED) is 0.743. The van der Waals surface area contributed by atoms with E-state index in [2.05, 4.69) is 29.5 Å². The van der Waals surface area contributed by atoms with Crippen molar-refractivity contribution in [1.82, 2.24) is 14.5 Å². The van der Waals surface area contributed by atoms with Crippen LogP contribution in [0.3, 0.4) is 0 Å². The van der Waals surface area contributed by atoms with Gasteiger partial charge in [-0.1, -0.05) is 26.2 Å². The Balaban J connectivity index is 2.07. The largest absolute Gasteiger partial charge is 0.308 e. The van der Waals surface area contributed by atoms with Crippen LogP contribution in [-0.2, 0) is 5.88 Å². The third-order valence-corrected chi connectivity index (χ3v) is 5.04. The topological polar surface area (TPSA) is 30.7 Å². The molecule has 2 aromatic heterocycles. The van der Waals surface area contributed by atoms with Crippen molar-refractivity contribution in [2.24, 2.45) is 5.92 Å². The molecule has 1 aliphatic rings. The first-order valence-corrected chi connectivity index (χ1v) is 8.67. The molecule has 0 bridgehead atoms. The Morgan fingerprint density at radius 3 is 2.76 bits per heavy atom. The highest BCUT2D eigenvalue weighted by molar-refractivity contribution is 6.16. The van der Waals surface area contributed by atoms with Gasteiger partial charge in [0.2, 0.25) is 0 Å². The zero-order valence-corrected chi connectivity index (χ0v) is 13.7. The number of imidazole rings is 1. The summed E-state index contributed by atoms with van der Waals surface area (Å²) in [4.78, 5) is 9.38. The lowest BCUT2D eigenvalue weighted by Crippen LogP contribution is -2.23. The van der Waals surface area contributed by atoms with E-state index in [1.54, 1.807) is 0 Å². The van der Waals surface area contributed by atoms with Crippen molar-refractivity contribution in [2.75, 3.05) is 0 Å². The molecule has 0 N–H and O–H groups in total. The Morgan fingerprint density at radius 1 is 1.33 bits per heavy atom. The molecular formula is C17H24ClN3. The number of aryl methyl sites for hydroxylation is 1. The van der Waals surface area contributed by atoms with Crippen LogP contribution < -0.4 is 0 Å². The molecule has 1 aliphatic carbocycles. The lowest BCUT2D eigenvalue weighted by atomic mass is 9.82. The van der Waals surface area contributed by atoms with Gasteiger partial charge < -0.3 is 4.57 Å². The molecule has 2 aromatic rings. The Hall–Kier alpha value is -1.09. The van der Waals surface area contributed by atoms with Gasteiger partial charge >= 0.3 is 0 Å². The maximum absolute atomic E-state index is 6.17. The molecule has 0 radical (unpaired) electrons. The maximum Gasteiger partial charge on any atom is 0.160 e. The number of halogens is 1. The van der Waals surface area contributed by atoms with Crippen LogP contribution in [0.25, 0.3) is 11.2 Å². The Labute approximate surface area is 131 Å². The summed E-state index contributed by atoms with van der Waals surface area (Å²) in [7, 11) is 0. The number of hydrogen-bond acceptors (Lipinski definition) is 2. The van der Waals surface area contributed by atoms with Crippen LogP contribution in [0.2, 0.25) is 0 Å². The highest BCUT2D eigenvalue weighted by Crippen LogP contribution is 2.37. The monoisotopic (exact) mass is 305 g/mol. The van der Waals surface area contributed by atoms with Crippen molar-refractivity contribution < 1.29 is 0 Å². The summed E-state index contributed by atoms with van der Waals surface area (Å²) in [6.45, 7) is 4.33. The van der Waals surface area contributed by atoms with Crippen LogP contribution in [-0.4, -0.2) is 14.5 Å². The molecule has 0 aromatic carbocycles. The van der Waals surface area contributed by atoms with Gasteiger partial charge in [0.1, 0.15) is 11.3 Å². The Morgan fingerprint density at radius 2 is 2.10 bits per heavy atom. The second kappa shape index (κ2) is 6.35. The van der Waals surface area contributed by atoms with Crippen LogP contribution in [0.1, 0.15) is 62.9 Å². The van der Waals surface area contributed by atoms with Crippen LogP contribution in [0.4, 0.5) is 0 Å². The molecule has 1 unspecified atom stereocenters. The van der Waals surface area contributed by atoms with Crippen LogP contribution in [0.5, 0.6) is 0 Å². The summed E-state index contributed by atoms with van der Waals surface area (Å²) in [6.07, 6.45) is 9.81. The first-order chi connectivity index (χ1) is 10.2. The van der Waals surface area contributed by atoms with Gasteiger partial charge in [-0.15, -0.1) is 11.6 Å². The van der Waals surface area contributed by atoms with Crippen molar-refractivity contribution in [2.45, 2.75) is 64.3 Å². The van der Waals surface area contributed by atoms with E-state index in [1.807, 2.05) is 6.20 Å². The van der Waals surface area contributed by atoms with Gasteiger partial charge in [-0.05, 0) is 43.7 Å². The smallest absolute Gasteiger partial charge is 0.160 e. The minimum absolute atomic E-state index is 0.457. The number of pyridine rings is 1. The SMILES string of the molecule is CCC(C1CCCCC1)n1c(CCl)nc2cc(C)cnc21. The number of nitrogens with zero attached hydrogens (tertiary/aromatic N) is 3. The molecule has 0 spiro atoms. The third-order valence-electron chi connectivity index (χ3n) is 4.80. The van der Waals surface area contributed by atoms with Gasteiger partial charge in [0.25, 0.3) is 0 Å². The molecule has 1 atom stereocenters. The normalized spacial score (nSPS) is 18.2. The second-order valence-electron chi connectivity index (χ2n) is 6.26. The molecule has 0 amide bonds. The highest BCUT2D eigenvalue weighted by Gasteiger charge is 2.27. The van der Waals surface area contributed by atoms with Gasteiger partial charge in [0.05, 0.1) is 5.88 Å². The Bertz CT molecular complexity index is 614. The lowest BCUT2D eigenvalue weighted by molar-refractivity contribution is 0.243. The predicted octanol–water partition coefficient (Wildman–Crippen LogP) is 5.01. The third kappa shape index (κ3) is 2.80. The molecule has 1 saturated carbocycles. The molecule has 0 aliphatic heterocycles. The van der Waals surface area contributed by atoms with E-state index in [0.29, 0.717) is 11.9 Å².